The molecule has 0 aromatic carbocycles. The molecule has 4 aliphatic rings. The van der Waals surface area contributed by atoms with Gasteiger partial charge in [0, 0.05) is 38.0 Å². The molecule has 1 aliphatic carbocycles. The summed E-state index contributed by atoms with van der Waals surface area (Å²) in [4.78, 5) is 24.8. The summed E-state index contributed by atoms with van der Waals surface area (Å²) >= 11 is 0. The lowest BCUT2D eigenvalue weighted by Gasteiger charge is -2.45. The second-order valence-electron chi connectivity index (χ2n) is 9.42. The molecule has 3 fully saturated rings. The summed E-state index contributed by atoms with van der Waals surface area (Å²) in [6.45, 7) is 2.47. The van der Waals surface area contributed by atoms with Crippen LogP contribution in [0.2, 0.25) is 0 Å². The predicted molar refractivity (Wildman–Crippen MR) is 120 cm³/mol. The Kier molecular flexibility index (Phi) is 5.75. The van der Waals surface area contributed by atoms with Gasteiger partial charge in [-0.1, -0.05) is 12.8 Å². The number of ether oxygens (including phenoxy) is 1. The molecule has 1 amide bonds. The van der Waals surface area contributed by atoms with E-state index in [9.17, 15) is 13.2 Å². The van der Waals surface area contributed by atoms with Crippen LogP contribution < -0.4 is 20.3 Å². The molecule has 3 aliphatic heterocycles. The molecule has 32 heavy (non-hydrogen) atoms. The van der Waals surface area contributed by atoms with Crippen molar-refractivity contribution in [1.82, 2.24) is 19.6 Å². The zero-order valence-electron chi connectivity index (χ0n) is 18.5. The second-order valence-corrected chi connectivity index (χ2v) is 11.4. The van der Waals surface area contributed by atoms with Crippen LogP contribution in [0.25, 0.3) is 0 Å². The van der Waals surface area contributed by atoms with Gasteiger partial charge in [-0.15, -0.1) is 0 Å². The molecule has 4 heterocycles. The third-order valence-electron chi connectivity index (χ3n) is 7.24. The fraction of sp³-hybridized carbons (Fsp3) is 0.762. The lowest BCUT2D eigenvalue weighted by molar-refractivity contribution is -0.138. The van der Waals surface area contributed by atoms with Crippen molar-refractivity contribution >= 4 is 27.7 Å². The van der Waals surface area contributed by atoms with Gasteiger partial charge < -0.3 is 15.4 Å². The standard InChI is InChI=1S/C21H32N6O4S/c1-32(29,30)26-12-6-15(7-13-26)24-20-23-14-17-18(25-20)27(16-4-2-3-5-16)19(28)21(31-17)8-10-22-11-9-21/h14-16,22H,2-13H2,1H3,(H,23,24,25). The summed E-state index contributed by atoms with van der Waals surface area (Å²) in [5.41, 5.74) is -0.822. The highest BCUT2D eigenvalue weighted by Crippen LogP contribution is 2.43. The van der Waals surface area contributed by atoms with E-state index in [1.54, 1.807) is 6.20 Å². The maximum atomic E-state index is 13.7. The van der Waals surface area contributed by atoms with E-state index in [-0.39, 0.29) is 18.0 Å². The van der Waals surface area contributed by atoms with E-state index in [4.69, 9.17) is 9.72 Å². The number of fused-ring (bicyclic) bond motifs is 1. The Morgan fingerprint density at radius 2 is 1.84 bits per heavy atom. The van der Waals surface area contributed by atoms with Crippen LogP contribution in [-0.4, -0.2) is 78.7 Å². The number of sulfonamides is 1. The summed E-state index contributed by atoms with van der Waals surface area (Å²) in [6, 6.07) is 0.236. The van der Waals surface area contributed by atoms with Gasteiger partial charge in [0.1, 0.15) is 0 Å². The van der Waals surface area contributed by atoms with Crippen molar-refractivity contribution in [3.05, 3.63) is 6.20 Å². The number of carbonyl (C=O) groups excluding carboxylic acids is 1. The highest BCUT2D eigenvalue weighted by molar-refractivity contribution is 7.88. The normalized spacial score (nSPS) is 25.0. The highest BCUT2D eigenvalue weighted by atomic mass is 32.2. The molecular formula is C21H32N6O4S. The van der Waals surface area contributed by atoms with Crippen molar-refractivity contribution in [2.24, 2.45) is 0 Å². The van der Waals surface area contributed by atoms with Crippen LogP contribution in [-0.2, 0) is 14.8 Å². The van der Waals surface area contributed by atoms with Gasteiger partial charge in [0.25, 0.3) is 5.91 Å². The maximum Gasteiger partial charge on any atom is 0.272 e. The van der Waals surface area contributed by atoms with Gasteiger partial charge in [-0.2, -0.15) is 4.98 Å². The third-order valence-corrected chi connectivity index (χ3v) is 8.54. The number of piperidine rings is 2. The number of hydrogen-bond acceptors (Lipinski definition) is 8. The van der Waals surface area contributed by atoms with Crippen LogP contribution in [0.3, 0.4) is 0 Å². The van der Waals surface area contributed by atoms with Gasteiger partial charge in [-0.3, -0.25) is 9.69 Å². The number of hydrogen-bond donors (Lipinski definition) is 2. The van der Waals surface area contributed by atoms with Crippen molar-refractivity contribution in [1.29, 1.82) is 0 Å². The number of rotatable bonds is 4. The van der Waals surface area contributed by atoms with E-state index in [2.05, 4.69) is 15.6 Å². The Bertz CT molecular complexity index is 967. The second kappa shape index (κ2) is 8.42. The van der Waals surface area contributed by atoms with E-state index in [1.807, 2.05) is 4.90 Å². The van der Waals surface area contributed by atoms with Crippen LogP contribution in [0.5, 0.6) is 5.75 Å². The molecule has 2 saturated heterocycles. The molecule has 0 atom stereocenters. The molecule has 2 N–H and O–H groups in total. The van der Waals surface area contributed by atoms with Crippen LogP contribution >= 0.6 is 0 Å². The lowest BCUT2D eigenvalue weighted by Crippen LogP contribution is -2.62. The first kappa shape index (κ1) is 21.8. The molecule has 0 radical (unpaired) electrons. The monoisotopic (exact) mass is 464 g/mol. The van der Waals surface area contributed by atoms with E-state index in [0.717, 1.165) is 38.8 Å². The minimum Gasteiger partial charge on any atom is -0.472 e. The average Bonchev–Trinajstić information content (AvgIpc) is 3.30. The summed E-state index contributed by atoms with van der Waals surface area (Å²) in [5.74, 6) is 1.64. The van der Waals surface area contributed by atoms with E-state index in [1.165, 1.54) is 10.6 Å². The SMILES string of the molecule is CS(=O)(=O)N1CCC(Nc2ncc3c(n2)N(C2CCCC2)C(=O)C2(CCNCC2)O3)CC1. The Balaban J connectivity index is 1.38. The highest BCUT2D eigenvalue weighted by Gasteiger charge is 2.51. The molecule has 1 spiro atoms. The fourth-order valence-corrected chi connectivity index (χ4v) is 6.28. The van der Waals surface area contributed by atoms with Crippen molar-refractivity contribution in [3.8, 4) is 5.75 Å². The lowest BCUT2D eigenvalue weighted by atomic mass is 9.88. The molecule has 0 bridgehead atoms. The number of anilines is 2. The van der Waals surface area contributed by atoms with Gasteiger partial charge in [-0.05, 0) is 38.8 Å². The minimum atomic E-state index is -3.16. The van der Waals surface area contributed by atoms with E-state index < -0.39 is 15.6 Å². The molecule has 10 nitrogen and oxygen atoms in total. The summed E-state index contributed by atoms with van der Waals surface area (Å²) in [6.07, 6.45) is 9.80. The minimum absolute atomic E-state index is 0.0320. The molecule has 1 aromatic heterocycles. The maximum absolute atomic E-state index is 13.7. The number of nitrogens with one attached hydrogen (secondary N) is 2. The summed E-state index contributed by atoms with van der Waals surface area (Å²) in [7, 11) is -3.16. The van der Waals surface area contributed by atoms with Crippen molar-refractivity contribution in [3.63, 3.8) is 0 Å². The van der Waals surface area contributed by atoms with Gasteiger partial charge >= 0.3 is 0 Å². The van der Waals surface area contributed by atoms with Crippen LogP contribution in [0.15, 0.2) is 6.20 Å². The largest absolute Gasteiger partial charge is 0.472 e. The van der Waals surface area contributed by atoms with Gasteiger partial charge in [-0.25, -0.2) is 17.7 Å². The Hall–Kier alpha value is -1.98. The predicted octanol–water partition coefficient (Wildman–Crippen LogP) is 1.10. The first-order chi connectivity index (χ1) is 15.4. The zero-order chi connectivity index (χ0) is 22.3. The summed E-state index contributed by atoms with van der Waals surface area (Å²) < 4.78 is 31.3. The first-order valence-electron chi connectivity index (χ1n) is 11.7. The average molecular weight is 465 g/mol. The Morgan fingerprint density at radius 3 is 2.50 bits per heavy atom. The van der Waals surface area contributed by atoms with Crippen molar-refractivity contribution < 1.29 is 17.9 Å². The van der Waals surface area contributed by atoms with Crippen LogP contribution in [0.1, 0.15) is 51.4 Å². The van der Waals surface area contributed by atoms with E-state index in [0.29, 0.717) is 56.3 Å². The van der Waals surface area contributed by atoms with Crippen LogP contribution in [0, 0.1) is 0 Å². The number of carbonyl (C=O) groups is 1. The van der Waals surface area contributed by atoms with Gasteiger partial charge in [0.15, 0.2) is 17.2 Å². The molecule has 1 saturated carbocycles. The smallest absolute Gasteiger partial charge is 0.272 e. The quantitative estimate of drug-likeness (QED) is 0.681. The number of amides is 1. The molecule has 0 unspecified atom stereocenters. The van der Waals surface area contributed by atoms with Crippen molar-refractivity contribution in [2.45, 2.75) is 69.1 Å². The number of nitrogens with zero attached hydrogens (tertiary/aromatic N) is 4. The van der Waals surface area contributed by atoms with Crippen LogP contribution in [0.4, 0.5) is 11.8 Å². The van der Waals surface area contributed by atoms with Crippen molar-refractivity contribution in [2.75, 3.05) is 42.7 Å². The molecule has 5 rings (SSSR count). The van der Waals surface area contributed by atoms with Gasteiger partial charge in [0.2, 0.25) is 16.0 Å². The molecule has 176 valence electrons. The first-order valence-corrected chi connectivity index (χ1v) is 13.5. The molecule has 1 aromatic rings. The molecule has 11 heteroatoms. The van der Waals surface area contributed by atoms with Gasteiger partial charge in [0.05, 0.1) is 12.5 Å². The number of aromatic nitrogens is 2. The fourth-order valence-electron chi connectivity index (χ4n) is 5.41. The summed E-state index contributed by atoms with van der Waals surface area (Å²) in [5, 5.41) is 6.67. The third kappa shape index (κ3) is 4.06. The molecular weight excluding hydrogens is 432 g/mol. The Labute approximate surface area is 189 Å². The van der Waals surface area contributed by atoms with E-state index >= 15 is 0 Å². The zero-order valence-corrected chi connectivity index (χ0v) is 19.4. The topological polar surface area (TPSA) is 117 Å². The Morgan fingerprint density at radius 1 is 1.16 bits per heavy atom.